The molecule has 0 aromatic rings. The number of hydrogen-bond acceptors (Lipinski definition) is 5. The van der Waals surface area contributed by atoms with Crippen LogP contribution in [0.15, 0.2) is 11.5 Å². The first kappa shape index (κ1) is 14.4. The molecule has 0 saturated heterocycles. The minimum Gasteiger partial charge on any atom is -0.465 e. The molecule has 1 aliphatic carbocycles. The Bertz CT molecular complexity index is 406. The number of rotatable bonds is 4. The van der Waals surface area contributed by atoms with Gasteiger partial charge < -0.3 is 9.47 Å². The highest BCUT2D eigenvalue weighted by Crippen LogP contribution is 2.59. The SMILES string of the molecule is CCOC(=O)[C@]12C=CS[C@@]1(C(=O)OCC)CCCC2. The van der Waals surface area contributed by atoms with Gasteiger partial charge in [-0.1, -0.05) is 18.9 Å². The summed E-state index contributed by atoms with van der Waals surface area (Å²) < 4.78 is 9.65. The van der Waals surface area contributed by atoms with Crippen LogP contribution in [0.1, 0.15) is 39.5 Å². The molecule has 0 unspecified atom stereocenters. The summed E-state index contributed by atoms with van der Waals surface area (Å²) in [6, 6.07) is 0. The Hall–Kier alpha value is -0.970. The Balaban J connectivity index is 2.38. The lowest BCUT2D eigenvalue weighted by Crippen LogP contribution is -2.56. The van der Waals surface area contributed by atoms with Crippen LogP contribution >= 0.6 is 11.8 Å². The van der Waals surface area contributed by atoms with Crippen LogP contribution in [0.4, 0.5) is 0 Å². The first-order chi connectivity index (χ1) is 9.13. The number of carbonyl (C=O) groups is 2. The normalized spacial score (nSPS) is 32.7. The predicted octanol–water partition coefficient (Wildman–Crippen LogP) is 2.67. The van der Waals surface area contributed by atoms with Gasteiger partial charge in [-0.25, -0.2) is 0 Å². The number of esters is 2. The second-order valence-electron chi connectivity index (χ2n) is 4.87. The fourth-order valence-corrected chi connectivity index (χ4v) is 4.44. The molecule has 5 heteroatoms. The second kappa shape index (κ2) is 5.57. The molecule has 0 spiro atoms. The highest BCUT2D eigenvalue weighted by molar-refractivity contribution is 8.04. The zero-order chi connectivity index (χ0) is 13.9. The molecule has 1 saturated carbocycles. The Morgan fingerprint density at radius 3 is 2.42 bits per heavy atom. The molecule has 1 heterocycles. The largest absolute Gasteiger partial charge is 0.465 e. The molecule has 0 aromatic heterocycles. The predicted molar refractivity (Wildman–Crippen MR) is 73.6 cm³/mol. The minimum absolute atomic E-state index is 0.280. The van der Waals surface area contributed by atoms with Crippen molar-refractivity contribution < 1.29 is 19.1 Å². The zero-order valence-electron chi connectivity index (χ0n) is 11.4. The van der Waals surface area contributed by atoms with E-state index in [1.807, 2.05) is 11.5 Å². The van der Waals surface area contributed by atoms with E-state index in [9.17, 15) is 9.59 Å². The number of fused-ring (bicyclic) bond motifs is 1. The van der Waals surface area contributed by atoms with Gasteiger partial charge in [-0.3, -0.25) is 9.59 Å². The van der Waals surface area contributed by atoms with Crippen molar-refractivity contribution in [3.63, 3.8) is 0 Å². The van der Waals surface area contributed by atoms with Crippen LogP contribution in [0.5, 0.6) is 0 Å². The summed E-state index contributed by atoms with van der Waals surface area (Å²) in [6.07, 6.45) is 5.06. The maximum absolute atomic E-state index is 12.4. The Morgan fingerprint density at radius 2 is 1.74 bits per heavy atom. The molecule has 2 aliphatic rings. The van der Waals surface area contributed by atoms with Crippen molar-refractivity contribution in [3.8, 4) is 0 Å². The number of ether oxygens (including phenoxy) is 2. The molecule has 19 heavy (non-hydrogen) atoms. The molecule has 2 atom stereocenters. The third kappa shape index (κ3) is 2.08. The van der Waals surface area contributed by atoms with Crippen molar-refractivity contribution in [2.75, 3.05) is 13.2 Å². The van der Waals surface area contributed by atoms with Crippen LogP contribution in [-0.4, -0.2) is 29.9 Å². The standard InChI is InChI=1S/C14H20O4S/c1-3-17-11(15)13-7-5-6-8-14(13,19-10-9-13)12(16)18-4-2/h9-10H,3-8H2,1-2H3/t13-,14+/m0/s1. The number of carbonyl (C=O) groups excluding carboxylic acids is 2. The summed E-state index contributed by atoms with van der Waals surface area (Å²) in [5.41, 5.74) is -0.835. The van der Waals surface area contributed by atoms with E-state index in [4.69, 9.17) is 9.47 Å². The summed E-state index contributed by atoms with van der Waals surface area (Å²) in [5.74, 6) is -0.568. The molecule has 0 aromatic carbocycles. The fraction of sp³-hybridized carbons (Fsp3) is 0.714. The number of hydrogen-bond donors (Lipinski definition) is 0. The van der Waals surface area contributed by atoms with Crippen LogP contribution in [-0.2, 0) is 19.1 Å². The summed E-state index contributed by atoms with van der Waals surface area (Å²) in [6.45, 7) is 4.24. The monoisotopic (exact) mass is 284 g/mol. The summed E-state index contributed by atoms with van der Waals surface area (Å²) >= 11 is 1.42. The average molecular weight is 284 g/mol. The van der Waals surface area contributed by atoms with Crippen molar-refractivity contribution in [1.29, 1.82) is 0 Å². The molecular weight excluding hydrogens is 264 g/mol. The first-order valence-corrected chi connectivity index (χ1v) is 7.71. The van der Waals surface area contributed by atoms with Gasteiger partial charge >= 0.3 is 11.9 Å². The molecule has 2 rings (SSSR count). The van der Waals surface area contributed by atoms with Crippen LogP contribution in [0.25, 0.3) is 0 Å². The Kier molecular flexibility index (Phi) is 4.23. The molecule has 0 N–H and O–H groups in total. The van der Waals surface area contributed by atoms with E-state index >= 15 is 0 Å². The molecule has 0 radical (unpaired) electrons. The van der Waals surface area contributed by atoms with Gasteiger partial charge in [0.05, 0.1) is 13.2 Å². The van der Waals surface area contributed by atoms with E-state index in [2.05, 4.69) is 0 Å². The van der Waals surface area contributed by atoms with E-state index in [1.54, 1.807) is 13.8 Å². The molecule has 0 amide bonds. The lowest BCUT2D eigenvalue weighted by molar-refractivity contribution is -0.165. The lowest BCUT2D eigenvalue weighted by Gasteiger charge is -2.44. The van der Waals surface area contributed by atoms with E-state index in [0.717, 1.165) is 12.8 Å². The maximum atomic E-state index is 12.4. The van der Waals surface area contributed by atoms with Crippen molar-refractivity contribution in [1.82, 2.24) is 0 Å². The molecule has 4 nitrogen and oxygen atoms in total. The number of thioether (sulfide) groups is 1. The maximum Gasteiger partial charge on any atom is 0.324 e. The third-order valence-corrected chi connectivity index (χ3v) is 5.35. The molecule has 106 valence electrons. The van der Waals surface area contributed by atoms with Crippen molar-refractivity contribution >= 4 is 23.7 Å². The van der Waals surface area contributed by atoms with Crippen molar-refractivity contribution in [2.45, 2.75) is 44.3 Å². The quantitative estimate of drug-likeness (QED) is 0.743. The summed E-state index contributed by atoms with van der Waals surface area (Å²) in [4.78, 5) is 24.8. The van der Waals surface area contributed by atoms with Gasteiger partial charge in [0, 0.05) is 0 Å². The van der Waals surface area contributed by atoms with Gasteiger partial charge in [-0.15, -0.1) is 11.8 Å². The van der Waals surface area contributed by atoms with Crippen molar-refractivity contribution in [3.05, 3.63) is 11.5 Å². The summed E-state index contributed by atoms with van der Waals surface area (Å²) in [7, 11) is 0. The van der Waals surface area contributed by atoms with E-state index in [0.29, 0.717) is 26.1 Å². The Morgan fingerprint density at radius 1 is 1.11 bits per heavy atom. The van der Waals surface area contributed by atoms with Gasteiger partial charge in [0.2, 0.25) is 0 Å². The van der Waals surface area contributed by atoms with Gasteiger partial charge in [0.1, 0.15) is 10.2 Å². The Labute approximate surface area is 117 Å². The van der Waals surface area contributed by atoms with E-state index in [-0.39, 0.29) is 11.9 Å². The third-order valence-electron chi connectivity index (χ3n) is 3.94. The van der Waals surface area contributed by atoms with E-state index in [1.165, 1.54) is 11.8 Å². The smallest absolute Gasteiger partial charge is 0.324 e. The van der Waals surface area contributed by atoms with Gasteiger partial charge in [0.15, 0.2) is 0 Å². The highest BCUT2D eigenvalue weighted by Gasteiger charge is 2.64. The van der Waals surface area contributed by atoms with Crippen LogP contribution in [0, 0.1) is 5.41 Å². The second-order valence-corrected chi connectivity index (χ2v) is 6.07. The minimum atomic E-state index is -0.835. The molecule has 1 aliphatic heterocycles. The first-order valence-electron chi connectivity index (χ1n) is 6.83. The van der Waals surface area contributed by atoms with E-state index < -0.39 is 10.2 Å². The van der Waals surface area contributed by atoms with Crippen LogP contribution in [0.3, 0.4) is 0 Å². The van der Waals surface area contributed by atoms with Crippen molar-refractivity contribution in [2.24, 2.45) is 5.41 Å². The summed E-state index contributed by atoms with van der Waals surface area (Å²) in [5, 5.41) is 1.86. The molecule has 0 bridgehead atoms. The van der Waals surface area contributed by atoms with Crippen LogP contribution in [0.2, 0.25) is 0 Å². The van der Waals surface area contributed by atoms with Gasteiger partial charge in [-0.05, 0) is 32.1 Å². The average Bonchev–Trinajstić information content (AvgIpc) is 2.81. The topological polar surface area (TPSA) is 52.6 Å². The highest BCUT2D eigenvalue weighted by atomic mass is 32.2. The van der Waals surface area contributed by atoms with Gasteiger partial charge in [-0.2, -0.15) is 0 Å². The van der Waals surface area contributed by atoms with Gasteiger partial charge in [0.25, 0.3) is 0 Å². The van der Waals surface area contributed by atoms with Crippen LogP contribution < -0.4 is 0 Å². The fourth-order valence-electron chi connectivity index (χ4n) is 3.03. The molecule has 1 fully saturated rings. The zero-order valence-corrected chi connectivity index (χ0v) is 12.3. The lowest BCUT2D eigenvalue weighted by atomic mass is 9.65. The molecular formula is C14H20O4S.